The number of carbonyl (C=O) groups is 1. The highest BCUT2D eigenvalue weighted by molar-refractivity contribution is 5.94. The lowest BCUT2D eigenvalue weighted by Gasteiger charge is -2.29. The normalized spacial score (nSPS) is 13.8. The van der Waals surface area contributed by atoms with E-state index in [1.807, 2.05) is 11.7 Å². The quantitative estimate of drug-likeness (QED) is 0.882. The average Bonchev–Trinajstić information content (AvgIpc) is 2.89. The largest absolute Gasteiger partial charge is 0.367 e. The average molecular weight is 313 g/mol. The van der Waals surface area contributed by atoms with Crippen molar-refractivity contribution in [3.63, 3.8) is 0 Å². The zero-order valence-corrected chi connectivity index (χ0v) is 13.7. The standard InChI is InChI=1S/C17H23N5O/c1-12-4-3-5-13(10-12)22-9-6-15-14(11-22)16(20-21(15)2)17(23)19-8-7-18/h3-5,10H,6-9,11,18H2,1-2H3,(H,19,23). The predicted molar refractivity (Wildman–Crippen MR) is 90.5 cm³/mol. The highest BCUT2D eigenvalue weighted by Crippen LogP contribution is 2.27. The van der Waals surface area contributed by atoms with Crippen molar-refractivity contribution in [2.24, 2.45) is 12.8 Å². The molecule has 0 radical (unpaired) electrons. The van der Waals surface area contributed by atoms with Crippen molar-refractivity contribution in [2.75, 3.05) is 24.5 Å². The molecule has 2 heterocycles. The van der Waals surface area contributed by atoms with Crippen LogP contribution in [-0.4, -0.2) is 35.3 Å². The fourth-order valence-corrected chi connectivity index (χ4v) is 3.09. The summed E-state index contributed by atoms with van der Waals surface area (Å²) >= 11 is 0. The van der Waals surface area contributed by atoms with E-state index in [-0.39, 0.29) is 5.91 Å². The molecule has 1 aliphatic heterocycles. The number of aromatic nitrogens is 2. The number of benzene rings is 1. The second kappa shape index (κ2) is 6.42. The van der Waals surface area contributed by atoms with E-state index in [2.05, 4.69) is 46.5 Å². The van der Waals surface area contributed by atoms with Gasteiger partial charge in [0.05, 0.1) is 0 Å². The molecule has 0 bridgehead atoms. The third-order valence-corrected chi connectivity index (χ3v) is 4.25. The number of fused-ring (bicyclic) bond motifs is 1. The van der Waals surface area contributed by atoms with Gasteiger partial charge in [0, 0.05) is 56.6 Å². The third kappa shape index (κ3) is 3.07. The summed E-state index contributed by atoms with van der Waals surface area (Å²) in [5.74, 6) is -0.140. The number of nitrogens with one attached hydrogen (secondary N) is 1. The lowest BCUT2D eigenvalue weighted by atomic mass is 10.0. The zero-order valence-electron chi connectivity index (χ0n) is 13.7. The molecule has 1 amide bonds. The molecule has 23 heavy (non-hydrogen) atoms. The molecule has 0 saturated carbocycles. The Kier molecular flexibility index (Phi) is 4.34. The SMILES string of the molecule is Cc1cccc(N2CCc3c(c(C(=O)NCCN)nn3C)C2)c1. The maximum atomic E-state index is 12.3. The van der Waals surface area contributed by atoms with Crippen molar-refractivity contribution in [3.05, 3.63) is 46.8 Å². The molecule has 0 saturated heterocycles. The molecule has 2 aromatic rings. The first-order chi connectivity index (χ1) is 11.1. The van der Waals surface area contributed by atoms with Gasteiger partial charge in [-0.2, -0.15) is 5.10 Å². The summed E-state index contributed by atoms with van der Waals surface area (Å²) < 4.78 is 1.83. The minimum Gasteiger partial charge on any atom is -0.367 e. The van der Waals surface area contributed by atoms with Crippen LogP contribution in [0.2, 0.25) is 0 Å². The number of hydrogen-bond donors (Lipinski definition) is 2. The summed E-state index contributed by atoms with van der Waals surface area (Å²) in [5, 5.41) is 7.25. The number of nitrogens with two attached hydrogens (primary N) is 1. The summed E-state index contributed by atoms with van der Waals surface area (Å²) in [6, 6.07) is 8.45. The molecule has 0 atom stereocenters. The van der Waals surface area contributed by atoms with Crippen LogP contribution in [0.3, 0.4) is 0 Å². The van der Waals surface area contributed by atoms with E-state index in [0.717, 1.165) is 24.2 Å². The molecule has 6 nitrogen and oxygen atoms in total. The second-order valence-corrected chi connectivity index (χ2v) is 5.95. The molecule has 1 aromatic carbocycles. The molecule has 0 spiro atoms. The van der Waals surface area contributed by atoms with Crippen molar-refractivity contribution in [1.29, 1.82) is 0 Å². The molecule has 0 fully saturated rings. The number of carbonyl (C=O) groups excluding carboxylic acids is 1. The van der Waals surface area contributed by atoms with E-state index in [4.69, 9.17) is 5.73 Å². The van der Waals surface area contributed by atoms with Crippen LogP contribution in [0.25, 0.3) is 0 Å². The fourth-order valence-electron chi connectivity index (χ4n) is 3.09. The van der Waals surface area contributed by atoms with Crippen LogP contribution in [0.15, 0.2) is 24.3 Å². The summed E-state index contributed by atoms with van der Waals surface area (Å²) in [4.78, 5) is 14.6. The topological polar surface area (TPSA) is 76.2 Å². The lowest BCUT2D eigenvalue weighted by molar-refractivity contribution is 0.0948. The number of amides is 1. The van der Waals surface area contributed by atoms with Gasteiger partial charge in [-0.05, 0) is 24.6 Å². The number of anilines is 1. The minimum atomic E-state index is -0.140. The fraction of sp³-hybridized carbons (Fsp3) is 0.412. The van der Waals surface area contributed by atoms with Crippen LogP contribution < -0.4 is 16.0 Å². The Morgan fingerprint density at radius 3 is 3.00 bits per heavy atom. The van der Waals surface area contributed by atoms with E-state index in [1.54, 1.807) is 0 Å². The highest BCUT2D eigenvalue weighted by Gasteiger charge is 2.27. The van der Waals surface area contributed by atoms with E-state index in [9.17, 15) is 4.79 Å². The molecule has 1 aliphatic rings. The maximum Gasteiger partial charge on any atom is 0.272 e. The molecule has 0 aliphatic carbocycles. The van der Waals surface area contributed by atoms with E-state index in [0.29, 0.717) is 25.3 Å². The Morgan fingerprint density at radius 1 is 1.43 bits per heavy atom. The summed E-state index contributed by atoms with van der Waals surface area (Å²) in [5.41, 5.74) is 10.6. The molecule has 3 N–H and O–H groups in total. The summed E-state index contributed by atoms with van der Waals surface area (Å²) in [6.45, 7) is 4.62. The first-order valence-corrected chi connectivity index (χ1v) is 7.94. The maximum absolute atomic E-state index is 12.3. The van der Waals surface area contributed by atoms with Crippen molar-refractivity contribution < 1.29 is 4.79 Å². The molecule has 1 aromatic heterocycles. The van der Waals surface area contributed by atoms with Crippen LogP contribution in [0.5, 0.6) is 0 Å². The Labute approximate surface area is 136 Å². The second-order valence-electron chi connectivity index (χ2n) is 5.95. The monoisotopic (exact) mass is 313 g/mol. The van der Waals surface area contributed by atoms with E-state index < -0.39 is 0 Å². The molecular weight excluding hydrogens is 290 g/mol. The highest BCUT2D eigenvalue weighted by atomic mass is 16.1. The third-order valence-electron chi connectivity index (χ3n) is 4.25. The summed E-state index contributed by atoms with van der Waals surface area (Å²) in [6.07, 6.45) is 0.886. The number of rotatable bonds is 4. The van der Waals surface area contributed by atoms with E-state index >= 15 is 0 Å². The summed E-state index contributed by atoms with van der Waals surface area (Å²) in [7, 11) is 1.90. The molecule has 0 unspecified atom stereocenters. The van der Waals surface area contributed by atoms with Gasteiger partial charge < -0.3 is 16.0 Å². The molecular formula is C17H23N5O. The van der Waals surface area contributed by atoms with Gasteiger partial charge in [-0.1, -0.05) is 12.1 Å². The Hall–Kier alpha value is -2.34. The van der Waals surface area contributed by atoms with Gasteiger partial charge in [-0.3, -0.25) is 9.48 Å². The predicted octanol–water partition coefficient (Wildman–Crippen LogP) is 0.980. The zero-order chi connectivity index (χ0) is 16.4. The number of hydrogen-bond acceptors (Lipinski definition) is 4. The minimum absolute atomic E-state index is 0.140. The van der Waals surface area contributed by atoms with Crippen molar-refractivity contribution in [1.82, 2.24) is 15.1 Å². The van der Waals surface area contributed by atoms with Crippen molar-refractivity contribution in [2.45, 2.75) is 19.9 Å². The number of nitrogens with zero attached hydrogens (tertiary/aromatic N) is 3. The Balaban J connectivity index is 1.88. The Bertz CT molecular complexity index is 722. The first-order valence-electron chi connectivity index (χ1n) is 7.94. The smallest absolute Gasteiger partial charge is 0.272 e. The first kappa shape index (κ1) is 15.6. The van der Waals surface area contributed by atoms with Crippen LogP contribution in [0.4, 0.5) is 5.69 Å². The van der Waals surface area contributed by atoms with Gasteiger partial charge >= 0.3 is 0 Å². The Morgan fingerprint density at radius 2 is 2.26 bits per heavy atom. The van der Waals surface area contributed by atoms with E-state index in [1.165, 1.54) is 11.3 Å². The van der Waals surface area contributed by atoms with Crippen molar-refractivity contribution >= 4 is 11.6 Å². The van der Waals surface area contributed by atoms with Gasteiger partial charge in [0.25, 0.3) is 5.91 Å². The molecule has 3 rings (SSSR count). The van der Waals surface area contributed by atoms with Crippen LogP contribution in [0.1, 0.15) is 27.3 Å². The lowest BCUT2D eigenvalue weighted by Crippen LogP contribution is -2.33. The van der Waals surface area contributed by atoms with Crippen LogP contribution >= 0.6 is 0 Å². The van der Waals surface area contributed by atoms with Crippen molar-refractivity contribution in [3.8, 4) is 0 Å². The molecule has 122 valence electrons. The van der Waals surface area contributed by atoms with Gasteiger partial charge in [0.2, 0.25) is 0 Å². The van der Waals surface area contributed by atoms with Crippen LogP contribution in [0, 0.1) is 6.92 Å². The van der Waals surface area contributed by atoms with Gasteiger partial charge in [-0.15, -0.1) is 0 Å². The number of aryl methyl sites for hydroxylation is 2. The van der Waals surface area contributed by atoms with Gasteiger partial charge in [0.15, 0.2) is 5.69 Å². The van der Waals surface area contributed by atoms with Gasteiger partial charge in [0.1, 0.15) is 0 Å². The van der Waals surface area contributed by atoms with Crippen LogP contribution in [-0.2, 0) is 20.0 Å². The molecule has 6 heteroatoms. The van der Waals surface area contributed by atoms with Gasteiger partial charge in [-0.25, -0.2) is 0 Å².